The Morgan fingerprint density at radius 3 is 2.05 bits per heavy atom. The van der Waals surface area contributed by atoms with Gasteiger partial charge in [0.15, 0.2) is 0 Å². The van der Waals surface area contributed by atoms with Gasteiger partial charge >= 0.3 is 0 Å². The highest BCUT2D eigenvalue weighted by Crippen LogP contribution is 2.47. The predicted octanol–water partition coefficient (Wildman–Crippen LogP) is 13.6. The van der Waals surface area contributed by atoms with Crippen LogP contribution in [-0.4, -0.2) is 18.9 Å². The quantitative estimate of drug-likeness (QED) is 0.171. The zero-order valence-electron chi connectivity index (χ0n) is 30.4. The second-order valence-corrected chi connectivity index (χ2v) is 15.2. The third kappa shape index (κ3) is 4.02. The maximum absolute atomic E-state index is 5.53. The average Bonchev–Trinajstić information content (AvgIpc) is 3.90. The van der Waals surface area contributed by atoms with E-state index in [9.17, 15) is 0 Å². The van der Waals surface area contributed by atoms with E-state index in [1.807, 2.05) is 0 Å². The second kappa shape index (κ2) is 11.1. The lowest BCUT2D eigenvalue weighted by Gasteiger charge is -2.13. The van der Waals surface area contributed by atoms with Gasteiger partial charge in [-0.25, -0.2) is 9.97 Å². The number of rotatable bonds is 3. The highest BCUT2D eigenvalue weighted by atomic mass is 15.2. The number of nitrogens with zero attached hydrogens (tertiary/aromatic N) is 4. The molecule has 0 N–H and O–H groups in total. The molecule has 12 aromatic rings. The summed E-state index contributed by atoms with van der Waals surface area (Å²) in [7, 11) is 0. The van der Waals surface area contributed by atoms with E-state index in [1.54, 1.807) is 0 Å². The number of allylic oxidation sites excluding steroid dienone is 4. The maximum atomic E-state index is 5.53. The topological polar surface area (TPSA) is 35.1 Å². The van der Waals surface area contributed by atoms with Crippen molar-refractivity contribution < 1.29 is 0 Å². The minimum absolute atomic E-state index is 0.671. The van der Waals surface area contributed by atoms with Crippen molar-refractivity contribution in [3.8, 4) is 17.2 Å². The van der Waals surface area contributed by atoms with Crippen LogP contribution < -0.4 is 0 Å². The van der Waals surface area contributed by atoms with Crippen LogP contribution in [0.2, 0.25) is 0 Å². The Hall–Kier alpha value is -7.30. The Bertz CT molecular complexity index is 3710. The van der Waals surface area contributed by atoms with E-state index in [-0.39, 0.29) is 0 Å². The molecule has 0 saturated heterocycles. The fourth-order valence-electron chi connectivity index (χ4n) is 9.82. The van der Waals surface area contributed by atoms with Gasteiger partial charge in [-0.2, -0.15) is 0 Å². The summed E-state index contributed by atoms with van der Waals surface area (Å²) in [6.45, 7) is 0. The van der Waals surface area contributed by atoms with Crippen molar-refractivity contribution in [2.45, 2.75) is 12.8 Å². The molecular formula is C52H32N4. The summed E-state index contributed by atoms with van der Waals surface area (Å²) in [6, 6.07) is 55.4. The number of hydrogen-bond acceptors (Lipinski definition) is 2. The molecule has 0 radical (unpaired) electrons. The van der Waals surface area contributed by atoms with Gasteiger partial charge < -0.3 is 4.40 Å². The third-order valence-electron chi connectivity index (χ3n) is 12.3. The van der Waals surface area contributed by atoms with E-state index in [0.29, 0.717) is 5.95 Å². The molecule has 13 rings (SSSR count). The summed E-state index contributed by atoms with van der Waals surface area (Å²) in [5.41, 5.74) is 11.6. The molecule has 0 amide bonds. The summed E-state index contributed by atoms with van der Waals surface area (Å²) in [5, 5.41) is 13.5. The van der Waals surface area contributed by atoms with Crippen LogP contribution in [0.4, 0.5) is 0 Å². The largest absolute Gasteiger partial charge is 0.308 e. The molecule has 56 heavy (non-hydrogen) atoms. The van der Waals surface area contributed by atoms with Gasteiger partial charge in [-0.1, -0.05) is 127 Å². The molecule has 0 fully saturated rings. The van der Waals surface area contributed by atoms with Crippen molar-refractivity contribution >= 4 is 97.9 Å². The van der Waals surface area contributed by atoms with Gasteiger partial charge in [-0.15, -0.1) is 0 Å². The molecule has 0 saturated carbocycles. The molecule has 0 bridgehead atoms. The van der Waals surface area contributed by atoms with Crippen LogP contribution in [0, 0.1) is 0 Å². The SMILES string of the molecule is C1=CCCC(c2ccc3c(c2)c2cc4c(c5ccccc5n4-c4nc(-c5ccc6c(ccc7ccccc76)c5)c5ccccc5n4)c4c5ccccc5n3c24)=C1. The van der Waals surface area contributed by atoms with Crippen LogP contribution >= 0.6 is 0 Å². The molecule has 8 aromatic carbocycles. The smallest absolute Gasteiger partial charge is 0.235 e. The first-order chi connectivity index (χ1) is 27.8. The van der Waals surface area contributed by atoms with Crippen LogP contribution in [0.3, 0.4) is 0 Å². The van der Waals surface area contributed by atoms with Gasteiger partial charge in [0.1, 0.15) is 0 Å². The molecule has 4 nitrogen and oxygen atoms in total. The second-order valence-electron chi connectivity index (χ2n) is 15.2. The number of hydrogen-bond donors (Lipinski definition) is 0. The lowest BCUT2D eigenvalue weighted by atomic mass is 9.95. The Kier molecular flexibility index (Phi) is 5.97. The van der Waals surface area contributed by atoms with E-state index in [0.717, 1.165) is 46.0 Å². The molecule has 0 spiro atoms. The van der Waals surface area contributed by atoms with Crippen molar-refractivity contribution in [1.82, 2.24) is 18.9 Å². The van der Waals surface area contributed by atoms with E-state index < -0.39 is 0 Å². The average molecular weight is 713 g/mol. The van der Waals surface area contributed by atoms with Gasteiger partial charge in [0.2, 0.25) is 5.95 Å². The molecule has 0 aliphatic heterocycles. The zero-order chi connectivity index (χ0) is 36.5. The minimum Gasteiger partial charge on any atom is -0.308 e. The Morgan fingerprint density at radius 2 is 1.18 bits per heavy atom. The van der Waals surface area contributed by atoms with Crippen LogP contribution in [0.5, 0.6) is 0 Å². The Balaban J connectivity index is 1.15. The van der Waals surface area contributed by atoms with Gasteiger partial charge in [0.05, 0.1) is 38.8 Å². The summed E-state index contributed by atoms with van der Waals surface area (Å²) < 4.78 is 4.81. The number of aromatic nitrogens is 4. The first-order valence-electron chi connectivity index (χ1n) is 19.5. The highest BCUT2D eigenvalue weighted by Gasteiger charge is 2.25. The summed E-state index contributed by atoms with van der Waals surface area (Å²) in [5.74, 6) is 0.671. The standard InChI is InChI=1S/C52H32N4/c1-2-12-31(13-3-1)33-25-27-46-41(29-33)42-30-47-48(49-40-18-8-10-20-44(40)55(46)51(42)49)39-17-7-11-21-45(39)56(47)52-53-43-19-9-6-16-38(43)50(54-52)35-24-26-37-34(28-35)23-22-32-14-4-5-15-36(32)37/h1-2,4-12,14-30H,3,13H2. The van der Waals surface area contributed by atoms with Crippen LogP contribution in [-0.2, 0) is 0 Å². The molecule has 260 valence electrons. The summed E-state index contributed by atoms with van der Waals surface area (Å²) in [6.07, 6.45) is 8.87. The first-order valence-corrected chi connectivity index (χ1v) is 19.5. The molecule has 1 aliphatic rings. The molecular weight excluding hydrogens is 681 g/mol. The Morgan fingerprint density at radius 1 is 0.464 bits per heavy atom. The Labute approximate surface area is 321 Å². The maximum Gasteiger partial charge on any atom is 0.235 e. The molecule has 4 heteroatoms. The van der Waals surface area contributed by atoms with Crippen molar-refractivity contribution in [2.24, 2.45) is 0 Å². The molecule has 4 aromatic heterocycles. The summed E-state index contributed by atoms with van der Waals surface area (Å²) in [4.78, 5) is 10.9. The zero-order valence-corrected chi connectivity index (χ0v) is 30.4. The van der Waals surface area contributed by atoms with Gasteiger partial charge in [-0.05, 0) is 88.0 Å². The summed E-state index contributed by atoms with van der Waals surface area (Å²) >= 11 is 0. The van der Waals surface area contributed by atoms with E-state index in [4.69, 9.17) is 9.97 Å². The first kappa shape index (κ1) is 30.1. The van der Waals surface area contributed by atoms with Gasteiger partial charge in [0, 0.05) is 43.3 Å². The molecule has 0 unspecified atom stereocenters. The predicted molar refractivity (Wildman–Crippen MR) is 235 cm³/mol. The fourth-order valence-corrected chi connectivity index (χ4v) is 9.82. The van der Waals surface area contributed by atoms with Crippen LogP contribution in [0.15, 0.2) is 170 Å². The number of benzene rings is 8. The lowest BCUT2D eigenvalue weighted by molar-refractivity contribution is 1.01. The van der Waals surface area contributed by atoms with Crippen molar-refractivity contribution in [1.29, 1.82) is 0 Å². The normalized spacial score (nSPS) is 13.6. The van der Waals surface area contributed by atoms with Gasteiger partial charge in [-0.3, -0.25) is 4.57 Å². The van der Waals surface area contributed by atoms with Crippen LogP contribution in [0.25, 0.3) is 115 Å². The molecule has 1 aliphatic carbocycles. The number of para-hydroxylation sites is 3. The molecule has 4 heterocycles. The fraction of sp³-hybridized carbons (Fsp3) is 0.0385. The monoisotopic (exact) mass is 712 g/mol. The van der Waals surface area contributed by atoms with E-state index >= 15 is 0 Å². The third-order valence-corrected chi connectivity index (χ3v) is 12.3. The van der Waals surface area contributed by atoms with Crippen molar-refractivity contribution in [3.63, 3.8) is 0 Å². The van der Waals surface area contributed by atoms with Crippen LogP contribution in [0.1, 0.15) is 18.4 Å². The van der Waals surface area contributed by atoms with E-state index in [2.05, 4.69) is 179 Å². The van der Waals surface area contributed by atoms with Crippen molar-refractivity contribution in [3.05, 3.63) is 175 Å². The van der Waals surface area contributed by atoms with Gasteiger partial charge in [0.25, 0.3) is 0 Å². The number of fused-ring (bicyclic) bond motifs is 14. The minimum atomic E-state index is 0.671. The van der Waals surface area contributed by atoms with Crippen molar-refractivity contribution in [2.75, 3.05) is 0 Å². The molecule has 0 atom stereocenters. The lowest BCUT2D eigenvalue weighted by Crippen LogP contribution is -2.03. The highest BCUT2D eigenvalue weighted by molar-refractivity contribution is 6.35. The van der Waals surface area contributed by atoms with E-state index in [1.165, 1.54) is 81.5 Å².